The van der Waals surface area contributed by atoms with Gasteiger partial charge in [0, 0.05) is 16.1 Å². The Morgan fingerprint density at radius 3 is 3.00 bits per heavy atom. The Balaban J connectivity index is 1.82. The van der Waals surface area contributed by atoms with Crippen molar-refractivity contribution in [2.45, 2.75) is 36.3 Å². The molecule has 2 aromatic heterocycles. The lowest BCUT2D eigenvalue weighted by molar-refractivity contribution is -0.121. The number of rotatable bonds is 3. The van der Waals surface area contributed by atoms with Crippen LogP contribution >= 0.6 is 11.3 Å². The highest BCUT2D eigenvalue weighted by molar-refractivity contribution is 7.92. The van der Waals surface area contributed by atoms with Gasteiger partial charge in [0.25, 0.3) is 10.0 Å². The molecule has 2 aromatic rings. The van der Waals surface area contributed by atoms with Crippen LogP contribution < -0.4 is 4.72 Å². The number of aromatic nitrogens is 2. The van der Waals surface area contributed by atoms with Gasteiger partial charge < -0.3 is 0 Å². The van der Waals surface area contributed by atoms with Gasteiger partial charge in [-0.05, 0) is 38.3 Å². The van der Waals surface area contributed by atoms with Crippen molar-refractivity contribution in [2.75, 3.05) is 0 Å². The van der Waals surface area contributed by atoms with Crippen LogP contribution in [0.2, 0.25) is 0 Å². The Labute approximate surface area is 126 Å². The van der Waals surface area contributed by atoms with Gasteiger partial charge in [0.05, 0.1) is 12.1 Å². The Bertz CT molecular complexity index is 776. The first-order valence-corrected chi connectivity index (χ1v) is 8.92. The highest BCUT2D eigenvalue weighted by Crippen LogP contribution is 2.31. The van der Waals surface area contributed by atoms with Crippen molar-refractivity contribution in [3.8, 4) is 0 Å². The lowest BCUT2D eigenvalue weighted by Gasteiger charge is -2.20. The van der Waals surface area contributed by atoms with Crippen molar-refractivity contribution in [2.24, 2.45) is 0 Å². The summed E-state index contributed by atoms with van der Waals surface area (Å²) in [5, 5.41) is 6.80. The summed E-state index contributed by atoms with van der Waals surface area (Å²) in [7, 11) is -3.79. The van der Waals surface area contributed by atoms with Crippen molar-refractivity contribution in [3.05, 3.63) is 34.5 Å². The van der Waals surface area contributed by atoms with Crippen LogP contribution in [0.4, 0.5) is 0 Å². The van der Waals surface area contributed by atoms with E-state index in [9.17, 15) is 13.2 Å². The van der Waals surface area contributed by atoms with E-state index >= 15 is 0 Å². The van der Waals surface area contributed by atoms with Gasteiger partial charge in [0.1, 0.15) is 4.21 Å². The zero-order chi connectivity index (χ0) is 15.0. The molecule has 0 saturated heterocycles. The molecule has 0 fully saturated rings. The lowest BCUT2D eigenvalue weighted by Crippen LogP contribution is -2.35. The third kappa shape index (κ3) is 2.73. The smallest absolute Gasteiger partial charge is 0.273 e. The molecule has 1 unspecified atom stereocenters. The summed E-state index contributed by atoms with van der Waals surface area (Å²) in [4.78, 5) is 13.2. The number of hydrogen-bond acceptors (Lipinski definition) is 5. The molecule has 112 valence electrons. The number of H-pyrrole nitrogens is 1. The number of nitrogens with zero attached hydrogens (tertiary/aromatic N) is 1. The van der Waals surface area contributed by atoms with Crippen molar-refractivity contribution >= 4 is 27.3 Å². The van der Waals surface area contributed by atoms with E-state index in [-0.39, 0.29) is 4.21 Å². The highest BCUT2D eigenvalue weighted by atomic mass is 32.2. The number of carbonyl (C=O) groups excluding carboxylic acids is 1. The minimum absolute atomic E-state index is 0.163. The van der Waals surface area contributed by atoms with Crippen molar-refractivity contribution < 1.29 is 13.2 Å². The second-order valence-electron chi connectivity index (χ2n) is 5.08. The number of aromatic amines is 1. The molecule has 1 atom stereocenters. The van der Waals surface area contributed by atoms with Gasteiger partial charge in [-0.3, -0.25) is 9.89 Å². The van der Waals surface area contributed by atoms with E-state index in [1.54, 1.807) is 12.3 Å². The summed E-state index contributed by atoms with van der Waals surface area (Å²) < 4.78 is 26.8. The van der Waals surface area contributed by atoms with E-state index < -0.39 is 21.8 Å². The monoisotopic (exact) mass is 325 g/mol. The predicted molar refractivity (Wildman–Crippen MR) is 78.7 cm³/mol. The standard InChI is InChI=1S/C13H15N3O3S2/c1-8-5-6-12(20-8)21(18,19)16-13(17)9-3-2-4-11-10(9)7-14-15-11/h5-7,9H,2-4H2,1H3,(H,14,15)(H,16,17). The number of amides is 1. The van der Waals surface area contributed by atoms with Gasteiger partial charge in [-0.15, -0.1) is 11.3 Å². The normalized spacial score (nSPS) is 18.2. The lowest BCUT2D eigenvalue weighted by atomic mass is 9.87. The zero-order valence-corrected chi connectivity index (χ0v) is 13.1. The van der Waals surface area contributed by atoms with Crippen molar-refractivity contribution in [1.29, 1.82) is 0 Å². The largest absolute Gasteiger partial charge is 0.282 e. The number of sulfonamides is 1. The molecule has 8 heteroatoms. The number of fused-ring (bicyclic) bond motifs is 1. The second kappa shape index (κ2) is 5.27. The van der Waals surface area contributed by atoms with Crippen LogP contribution in [0.3, 0.4) is 0 Å². The van der Waals surface area contributed by atoms with E-state index in [2.05, 4.69) is 14.9 Å². The summed E-state index contributed by atoms with van der Waals surface area (Å²) in [5.41, 5.74) is 1.72. The molecule has 3 rings (SSSR count). The van der Waals surface area contributed by atoms with Crippen molar-refractivity contribution in [1.82, 2.24) is 14.9 Å². The fraction of sp³-hybridized carbons (Fsp3) is 0.385. The van der Waals surface area contributed by atoms with E-state index in [4.69, 9.17) is 0 Å². The Morgan fingerprint density at radius 1 is 1.48 bits per heavy atom. The highest BCUT2D eigenvalue weighted by Gasteiger charge is 2.31. The summed E-state index contributed by atoms with van der Waals surface area (Å²) in [5.74, 6) is -0.938. The van der Waals surface area contributed by atoms with Gasteiger partial charge in [-0.2, -0.15) is 5.10 Å². The molecule has 2 heterocycles. The number of carbonyl (C=O) groups is 1. The minimum atomic E-state index is -3.79. The topological polar surface area (TPSA) is 91.9 Å². The third-order valence-corrected chi connectivity index (χ3v) is 6.42. The number of aryl methyl sites for hydroxylation is 2. The summed E-state index contributed by atoms with van der Waals surface area (Å²) in [6, 6.07) is 3.23. The average molecular weight is 325 g/mol. The summed E-state index contributed by atoms with van der Waals surface area (Å²) >= 11 is 1.15. The Hall–Kier alpha value is -1.67. The predicted octanol–water partition coefficient (Wildman–Crippen LogP) is 1.70. The number of hydrogen-bond donors (Lipinski definition) is 2. The van der Waals surface area contributed by atoms with E-state index in [1.807, 2.05) is 6.92 Å². The van der Waals surface area contributed by atoms with Gasteiger partial charge in [-0.25, -0.2) is 13.1 Å². The SMILES string of the molecule is Cc1ccc(S(=O)(=O)NC(=O)C2CCCc3[nH]ncc32)s1. The molecule has 6 nitrogen and oxygen atoms in total. The number of nitrogens with one attached hydrogen (secondary N) is 2. The van der Waals surface area contributed by atoms with Crippen LogP contribution in [-0.2, 0) is 21.2 Å². The molecule has 1 aliphatic rings. The molecule has 0 aliphatic heterocycles. The zero-order valence-electron chi connectivity index (χ0n) is 11.4. The summed E-state index contributed by atoms with van der Waals surface area (Å²) in [6.07, 6.45) is 3.93. The van der Waals surface area contributed by atoms with E-state index in [0.29, 0.717) is 6.42 Å². The van der Waals surface area contributed by atoms with Crippen molar-refractivity contribution in [3.63, 3.8) is 0 Å². The van der Waals surface area contributed by atoms with Crippen LogP contribution in [0.25, 0.3) is 0 Å². The first kappa shape index (κ1) is 14.3. The molecule has 21 heavy (non-hydrogen) atoms. The molecule has 1 amide bonds. The van der Waals surface area contributed by atoms with E-state index in [1.165, 1.54) is 6.07 Å². The Morgan fingerprint density at radius 2 is 2.29 bits per heavy atom. The maximum Gasteiger partial charge on any atom is 0.273 e. The Kier molecular flexibility index (Phi) is 3.58. The maximum absolute atomic E-state index is 12.3. The van der Waals surface area contributed by atoms with Gasteiger partial charge >= 0.3 is 0 Å². The van der Waals surface area contributed by atoms with Gasteiger partial charge in [-0.1, -0.05) is 0 Å². The van der Waals surface area contributed by atoms with Gasteiger partial charge in [0.15, 0.2) is 0 Å². The van der Waals surface area contributed by atoms with Gasteiger partial charge in [0.2, 0.25) is 5.91 Å². The molecule has 0 spiro atoms. The second-order valence-corrected chi connectivity index (χ2v) is 8.28. The van der Waals surface area contributed by atoms with Crippen LogP contribution in [0.15, 0.2) is 22.5 Å². The molecular weight excluding hydrogens is 310 g/mol. The average Bonchev–Trinajstić information content (AvgIpc) is 3.05. The van der Waals surface area contributed by atoms with Crippen LogP contribution in [-0.4, -0.2) is 24.5 Å². The minimum Gasteiger partial charge on any atom is -0.282 e. The maximum atomic E-state index is 12.3. The number of thiophene rings is 1. The molecule has 1 aliphatic carbocycles. The fourth-order valence-corrected chi connectivity index (χ4v) is 4.85. The molecule has 0 bridgehead atoms. The van der Waals surface area contributed by atoms with Crippen LogP contribution in [0.5, 0.6) is 0 Å². The van der Waals surface area contributed by atoms with Crippen LogP contribution in [0, 0.1) is 6.92 Å². The first-order chi connectivity index (χ1) is 9.97. The summed E-state index contributed by atoms with van der Waals surface area (Å²) in [6.45, 7) is 1.82. The van der Waals surface area contributed by atoms with Crippen LogP contribution in [0.1, 0.15) is 34.9 Å². The molecular formula is C13H15N3O3S2. The fourth-order valence-electron chi connectivity index (χ4n) is 2.54. The molecule has 2 N–H and O–H groups in total. The third-order valence-electron chi connectivity index (χ3n) is 3.58. The molecule has 0 aromatic carbocycles. The quantitative estimate of drug-likeness (QED) is 0.898. The molecule has 0 radical (unpaired) electrons. The molecule has 0 saturated carbocycles. The first-order valence-electron chi connectivity index (χ1n) is 6.62. The van der Waals surface area contributed by atoms with E-state index in [0.717, 1.165) is 40.3 Å².